The van der Waals surface area contributed by atoms with Gasteiger partial charge in [0.2, 0.25) is 15.9 Å². The summed E-state index contributed by atoms with van der Waals surface area (Å²) in [4.78, 5) is 12.0. The van der Waals surface area contributed by atoms with Gasteiger partial charge in [0.25, 0.3) is 0 Å². The van der Waals surface area contributed by atoms with E-state index in [1.807, 2.05) is 0 Å². The number of carbonyl (C=O) groups excluding carboxylic acids is 1. The Morgan fingerprint density at radius 3 is 2.38 bits per heavy atom. The molecule has 0 aliphatic heterocycles. The van der Waals surface area contributed by atoms with Crippen LogP contribution in [0.4, 0.5) is 10.1 Å². The summed E-state index contributed by atoms with van der Waals surface area (Å²) >= 11 is 0. The van der Waals surface area contributed by atoms with Gasteiger partial charge in [0.05, 0.1) is 4.90 Å². The molecule has 0 saturated carbocycles. The number of halogens is 1. The first-order chi connectivity index (χ1) is 11.2. The maximum Gasteiger partial charge on any atom is 0.248 e. The van der Waals surface area contributed by atoms with Crippen LogP contribution in [0.3, 0.4) is 0 Å². The van der Waals surface area contributed by atoms with Crippen LogP contribution in [0.2, 0.25) is 0 Å². The Morgan fingerprint density at radius 2 is 1.79 bits per heavy atom. The summed E-state index contributed by atoms with van der Waals surface area (Å²) < 4.78 is 35.8. The smallest absolute Gasteiger partial charge is 0.248 e. The van der Waals surface area contributed by atoms with Gasteiger partial charge < -0.3 is 5.32 Å². The Balaban J connectivity index is 2.22. The molecule has 0 spiro atoms. The zero-order valence-corrected chi connectivity index (χ0v) is 14.0. The number of primary sulfonamides is 1. The minimum atomic E-state index is -3.86. The Morgan fingerprint density at radius 1 is 1.17 bits per heavy atom. The highest BCUT2D eigenvalue weighted by molar-refractivity contribution is 7.89. The second-order valence-electron chi connectivity index (χ2n) is 5.33. The molecule has 5 nitrogen and oxygen atoms in total. The fourth-order valence-electron chi connectivity index (χ4n) is 2.04. The molecule has 2 rings (SSSR count). The lowest BCUT2D eigenvalue weighted by molar-refractivity contribution is -0.111. The Kier molecular flexibility index (Phi) is 5.16. The molecule has 0 aliphatic carbocycles. The SMILES string of the molecule is Cc1cc(S(N)(=O)=O)cc(NC(=O)/C=C/c2ccc(F)cc2)c1C. The van der Waals surface area contributed by atoms with Gasteiger partial charge in [-0.05, 0) is 60.9 Å². The monoisotopic (exact) mass is 348 g/mol. The van der Waals surface area contributed by atoms with Gasteiger partial charge in [0, 0.05) is 11.8 Å². The summed E-state index contributed by atoms with van der Waals surface area (Å²) in [5, 5.41) is 7.76. The third-order valence-corrected chi connectivity index (χ3v) is 4.42. The van der Waals surface area contributed by atoms with E-state index < -0.39 is 15.9 Å². The maximum atomic E-state index is 12.8. The number of aryl methyl sites for hydroxylation is 1. The van der Waals surface area contributed by atoms with E-state index in [4.69, 9.17) is 5.14 Å². The molecule has 0 atom stereocenters. The van der Waals surface area contributed by atoms with Crippen LogP contribution in [0.25, 0.3) is 6.08 Å². The second-order valence-corrected chi connectivity index (χ2v) is 6.89. The summed E-state index contributed by atoms with van der Waals surface area (Å²) in [6, 6.07) is 8.43. The number of nitrogens with two attached hydrogens (primary N) is 1. The largest absolute Gasteiger partial charge is 0.322 e. The molecule has 0 heterocycles. The lowest BCUT2D eigenvalue weighted by Gasteiger charge is -2.11. The highest BCUT2D eigenvalue weighted by Crippen LogP contribution is 2.23. The van der Waals surface area contributed by atoms with Gasteiger partial charge in [-0.2, -0.15) is 0 Å². The molecular formula is C17H17FN2O3S. The number of sulfonamides is 1. The van der Waals surface area contributed by atoms with E-state index in [9.17, 15) is 17.6 Å². The molecule has 0 aliphatic rings. The number of amides is 1. The zero-order valence-electron chi connectivity index (χ0n) is 13.2. The number of hydrogen-bond acceptors (Lipinski definition) is 3. The molecule has 2 aromatic rings. The van der Waals surface area contributed by atoms with Gasteiger partial charge in [-0.3, -0.25) is 4.79 Å². The molecule has 7 heteroatoms. The van der Waals surface area contributed by atoms with Crippen molar-refractivity contribution in [2.45, 2.75) is 18.7 Å². The van der Waals surface area contributed by atoms with Gasteiger partial charge in [-0.15, -0.1) is 0 Å². The molecule has 24 heavy (non-hydrogen) atoms. The molecule has 1 amide bonds. The fourth-order valence-corrected chi connectivity index (χ4v) is 2.66. The summed E-state index contributed by atoms with van der Waals surface area (Å²) in [5.74, 6) is -0.795. The van der Waals surface area contributed by atoms with Crippen molar-refractivity contribution in [2.24, 2.45) is 5.14 Å². The minimum absolute atomic E-state index is 0.0663. The van der Waals surface area contributed by atoms with Crippen molar-refractivity contribution in [2.75, 3.05) is 5.32 Å². The van der Waals surface area contributed by atoms with Crippen LogP contribution in [0, 0.1) is 19.7 Å². The standard InChI is InChI=1S/C17H17FN2O3S/c1-11-9-15(24(19,22)23)10-16(12(11)2)20-17(21)8-5-13-3-6-14(18)7-4-13/h3-10H,1-2H3,(H,20,21)(H2,19,22,23)/b8-5+. The first-order valence-corrected chi connectivity index (χ1v) is 8.60. The van der Waals surface area contributed by atoms with E-state index in [1.54, 1.807) is 13.8 Å². The summed E-state index contributed by atoms with van der Waals surface area (Å²) in [7, 11) is -3.86. The Labute approximate surface area is 140 Å². The quantitative estimate of drug-likeness (QED) is 0.833. The predicted octanol–water partition coefficient (Wildman–Crippen LogP) is 2.74. The first-order valence-electron chi connectivity index (χ1n) is 7.05. The number of nitrogens with one attached hydrogen (secondary N) is 1. The lowest BCUT2D eigenvalue weighted by Crippen LogP contribution is -2.15. The van der Waals surface area contributed by atoms with Gasteiger partial charge in [0.15, 0.2) is 0 Å². The summed E-state index contributed by atoms with van der Waals surface area (Å²) in [5.41, 5.74) is 2.47. The second kappa shape index (κ2) is 6.94. The van der Waals surface area contributed by atoms with Crippen LogP contribution < -0.4 is 10.5 Å². The average Bonchev–Trinajstić information content (AvgIpc) is 2.50. The van der Waals surface area contributed by atoms with Gasteiger partial charge in [0.1, 0.15) is 5.82 Å². The highest BCUT2D eigenvalue weighted by atomic mass is 32.2. The third-order valence-electron chi connectivity index (χ3n) is 3.52. The van der Waals surface area contributed by atoms with E-state index >= 15 is 0 Å². The van der Waals surface area contributed by atoms with Crippen LogP contribution in [-0.2, 0) is 14.8 Å². The molecule has 0 unspecified atom stereocenters. The minimum Gasteiger partial charge on any atom is -0.322 e. The molecule has 126 valence electrons. The van der Waals surface area contributed by atoms with E-state index in [1.165, 1.54) is 48.6 Å². The van der Waals surface area contributed by atoms with Crippen LogP contribution in [0.15, 0.2) is 47.4 Å². The fraction of sp³-hybridized carbons (Fsp3) is 0.118. The lowest BCUT2D eigenvalue weighted by atomic mass is 10.1. The summed E-state index contributed by atoms with van der Waals surface area (Å²) in [6.45, 7) is 3.50. The third kappa shape index (κ3) is 4.50. The molecule has 0 fully saturated rings. The van der Waals surface area contributed by atoms with E-state index in [0.717, 1.165) is 5.56 Å². The van der Waals surface area contributed by atoms with Crippen LogP contribution in [-0.4, -0.2) is 14.3 Å². The van der Waals surface area contributed by atoms with E-state index in [-0.39, 0.29) is 10.7 Å². The average molecular weight is 348 g/mol. The Bertz CT molecular complexity index is 904. The van der Waals surface area contributed by atoms with Crippen molar-refractivity contribution in [1.29, 1.82) is 0 Å². The molecule has 3 N–H and O–H groups in total. The molecular weight excluding hydrogens is 331 g/mol. The van der Waals surface area contributed by atoms with Crippen molar-refractivity contribution < 1.29 is 17.6 Å². The number of rotatable bonds is 4. The number of benzene rings is 2. The van der Waals surface area contributed by atoms with Crippen molar-refractivity contribution >= 4 is 27.7 Å². The first kappa shape index (κ1) is 17.8. The molecule has 0 bridgehead atoms. The number of anilines is 1. The number of hydrogen-bond donors (Lipinski definition) is 2. The van der Waals surface area contributed by atoms with E-state index in [0.29, 0.717) is 16.8 Å². The maximum absolute atomic E-state index is 12.8. The van der Waals surface area contributed by atoms with E-state index in [2.05, 4.69) is 5.32 Å². The molecule has 0 aromatic heterocycles. The van der Waals surface area contributed by atoms with Crippen molar-refractivity contribution in [3.05, 3.63) is 65.0 Å². The van der Waals surface area contributed by atoms with Crippen molar-refractivity contribution in [3.8, 4) is 0 Å². The topological polar surface area (TPSA) is 89.3 Å². The zero-order chi connectivity index (χ0) is 17.9. The van der Waals surface area contributed by atoms with Crippen molar-refractivity contribution in [3.63, 3.8) is 0 Å². The van der Waals surface area contributed by atoms with Crippen LogP contribution >= 0.6 is 0 Å². The molecule has 0 radical (unpaired) electrons. The van der Waals surface area contributed by atoms with Crippen molar-refractivity contribution in [1.82, 2.24) is 0 Å². The molecule has 0 saturated heterocycles. The van der Waals surface area contributed by atoms with Gasteiger partial charge in [-0.25, -0.2) is 17.9 Å². The normalized spacial score (nSPS) is 11.7. The van der Waals surface area contributed by atoms with Gasteiger partial charge in [-0.1, -0.05) is 12.1 Å². The highest BCUT2D eigenvalue weighted by Gasteiger charge is 2.13. The Hall–Kier alpha value is -2.51. The van der Waals surface area contributed by atoms with Crippen LogP contribution in [0.5, 0.6) is 0 Å². The molecule has 2 aromatic carbocycles. The predicted molar refractivity (Wildman–Crippen MR) is 91.4 cm³/mol. The number of carbonyl (C=O) groups is 1. The van der Waals surface area contributed by atoms with Gasteiger partial charge >= 0.3 is 0 Å². The summed E-state index contributed by atoms with van der Waals surface area (Å²) in [6.07, 6.45) is 2.81. The van der Waals surface area contributed by atoms with Crippen LogP contribution in [0.1, 0.15) is 16.7 Å².